The number of benzene rings is 1. The molecule has 2 nitrogen and oxygen atoms in total. The maximum atomic E-state index is 10.6. The molecular formula is C7H8O2S2. The molecule has 60 valence electrons. The maximum Gasteiger partial charge on any atom is 0.168 e. The Morgan fingerprint density at radius 1 is 1.27 bits per heavy atom. The first-order valence-electron chi connectivity index (χ1n) is 3.09. The van der Waals surface area contributed by atoms with Gasteiger partial charge >= 0.3 is 0 Å². The van der Waals surface area contributed by atoms with Crippen LogP contribution >= 0.6 is 12.6 Å². The van der Waals surface area contributed by atoms with Crippen molar-refractivity contribution in [1.29, 1.82) is 0 Å². The molecule has 0 amide bonds. The molecule has 1 aromatic carbocycles. The van der Waals surface area contributed by atoms with Gasteiger partial charge in [-0.15, -0.1) is 0 Å². The molecule has 0 bridgehead atoms. The van der Waals surface area contributed by atoms with Crippen LogP contribution in [-0.2, 0) is 16.5 Å². The molecule has 0 unspecified atom stereocenters. The van der Waals surface area contributed by atoms with Gasteiger partial charge in [0, 0.05) is 5.75 Å². The highest BCUT2D eigenvalue weighted by Gasteiger charge is 1.99. The van der Waals surface area contributed by atoms with Crippen molar-refractivity contribution in [2.24, 2.45) is 0 Å². The largest absolute Gasteiger partial charge is 0.227 e. The van der Waals surface area contributed by atoms with E-state index in [2.05, 4.69) is 12.6 Å². The minimum atomic E-state index is -2.47. The standard InChI is InChI=1S/C7H8O2S2/c8-11(9)7-4-2-1-3-6(7)5-10/h1-4,10-11H,5H2. The molecule has 1 aromatic rings. The van der Waals surface area contributed by atoms with E-state index in [1.165, 1.54) is 0 Å². The fraction of sp³-hybridized carbons (Fsp3) is 0.143. The van der Waals surface area contributed by atoms with Crippen LogP contribution in [0.5, 0.6) is 0 Å². The SMILES string of the molecule is O=[SH](=O)c1ccccc1CS. The zero-order chi connectivity index (χ0) is 8.27. The van der Waals surface area contributed by atoms with Gasteiger partial charge in [-0.1, -0.05) is 18.2 Å². The molecule has 1 rings (SSSR count). The number of rotatable bonds is 2. The Hall–Kier alpha value is -0.480. The van der Waals surface area contributed by atoms with Gasteiger partial charge in [-0.05, 0) is 11.6 Å². The van der Waals surface area contributed by atoms with Gasteiger partial charge < -0.3 is 0 Å². The second kappa shape index (κ2) is 3.78. The Kier molecular flexibility index (Phi) is 2.96. The molecule has 0 aliphatic rings. The fourth-order valence-electron chi connectivity index (χ4n) is 0.823. The van der Waals surface area contributed by atoms with Gasteiger partial charge in [0.1, 0.15) is 0 Å². The van der Waals surface area contributed by atoms with Crippen LogP contribution in [0.15, 0.2) is 29.2 Å². The molecule has 0 atom stereocenters. The van der Waals surface area contributed by atoms with Crippen molar-refractivity contribution >= 4 is 23.3 Å². The average molecular weight is 188 g/mol. The molecule has 0 aromatic heterocycles. The monoisotopic (exact) mass is 188 g/mol. The predicted octanol–water partition coefficient (Wildman–Crippen LogP) is 1.09. The van der Waals surface area contributed by atoms with Gasteiger partial charge in [-0.2, -0.15) is 12.6 Å². The fourth-order valence-corrected chi connectivity index (χ4v) is 1.82. The lowest BCUT2D eigenvalue weighted by Crippen LogP contribution is -1.87. The van der Waals surface area contributed by atoms with Crippen LogP contribution in [0.3, 0.4) is 0 Å². The Balaban J connectivity index is 3.23. The summed E-state index contributed by atoms with van der Waals surface area (Å²) in [6.07, 6.45) is 0. The molecule has 0 N–H and O–H groups in total. The summed E-state index contributed by atoms with van der Waals surface area (Å²) in [7, 11) is -2.47. The first kappa shape index (κ1) is 8.62. The molecule has 0 saturated carbocycles. The van der Waals surface area contributed by atoms with Crippen molar-refractivity contribution in [3.63, 3.8) is 0 Å². The lowest BCUT2D eigenvalue weighted by Gasteiger charge is -1.97. The minimum Gasteiger partial charge on any atom is -0.227 e. The normalized spacial score (nSPS) is 10.4. The number of hydrogen-bond acceptors (Lipinski definition) is 3. The van der Waals surface area contributed by atoms with E-state index in [9.17, 15) is 8.42 Å². The van der Waals surface area contributed by atoms with E-state index >= 15 is 0 Å². The van der Waals surface area contributed by atoms with Gasteiger partial charge in [-0.25, -0.2) is 8.42 Å². The summed E-state index contributed by atoms with van der Waals surface area (Å²) in [4.78, 5) is 0.373. The molecule has 0 saturated heterocycles. The topological polar surface area (TPSA) is 34.1 Å². The first-order valence-corrected chi connectivity index (χ1v) is 4.90. The summed E-state index contributed by atoms with van der Waals surface area (Å²) >= 11 is 4.01. The smallest absolute Gasteiger partial charge is 0.168 e. The van der Waals surface area contributed by atoms with Gasteiger partial charge in [0.15, 0.2) is 10.7 Å². The third kappa shape index (κ3) is 1.97. The summed E-state index contributed by atoms with van der Waals surface area (Å²) in [6.45, 7) is 0. The third-order valence-electron chi connectivity index (χ3n) is 1.36. The zero-order valence-electron chi connectivity index (χ0n) is 5.73. The molecule has 0 aliphatic heterocycles. The zero-order valence-corrected chi connectivity index (χ0v) is 7.52. The Bertz CT molecular complexity index is 310. The van der Waals surface area contributed by atoms with Crippen LogP contribution in [0, 0.1) is 0 Å². The summed E-state index contributed by atoms with van der Waals surface area (Å²) in [5.41, 5.74) is 0.756. The number of thiol groups is 2. The Labute approximate surface area is 72.6 Å². The van der Waals surface area contributed by atoms with Gasteiger partial charge in [-0.3, -0.25) is 0 Å². The van der Waals surface area contributed by atoms with Gasteiger partial charge in [0.25, 0.3) is 0 Å². The van der Waals surface area contributed by atoms with Crippen molar-refractivity contribution in [2.75, 3.05) is 0 Å². The Morgan fingerprint density at radius 3 is 2.36 bits per heavy atom. The Morgan fingerprint density at radius 2 is 1.91 bits per heavy atom. The second-order valence-electron chi connectivity index (χ2n) is 2.04. The molecule has 0 fully saturated rings. The van der Waals surface area contributed by atoms with E-state index in [1.54, 1.807) is 24.3 Å². The van der Waals surface area contributed by atoms with Crippen molar-refractivity contribution in [3.8, 4) is 0 Å². The van der Waals surface area contributed by atoms with E-state index in [1.807, 2.05) is 0 Å². The van der Waals surface area contributed by atoms with Crippen LogP contribution < -0.4 is 0 Å². The highest BCUT2D eigenvalue weighted by Crippen LogP contribution is 2.11. The van der Waals surface area contributed by atoms with Crippen LogP contribution in [0.1, 0.15) is 5.56 Å². The molecule has 0 aliphatic carbocycles. The molecule has 4 heteroatoms. The molecule has 11 heavy (non-hydrogen) atoms. The van der Waals surface area contributed by atoms with Crippen molar-refractivity contribution < 1.29 is 8.42 Å². The quantitative estimate of drug-likeness (QED) is 0.681. The van der Waals surface area contributed by atoms with Crippen LogP contribution in [0.25, 0.3) is 0 Å². The van der Waals surface area contributed by atoms with E-state index in [0.29, 0.717) is 10.6 Å². The molecular weight excluding hydrogens is 180 g/mol. The average Bonchev–Trinajstić information content (AvgIpc) is 2.04. The van der Waals surface area contributed by atoms with E-state index in [-0.39, 0.29) is 0 Å². The minimum absolute atomic E-state index is 0.373. The van der Waals surface area contributed by atoms with Crippen molar-refractivity contribution in [1.82, 2.24) is 0 Å². The van der Waals surface area contributed by atoms with Crippen LogP contribution in [-0.4, -0.2) is 8.42 Å². The van der Waals surface area contributed by atoms with Gasteiger partial charge in [0.05, 0.1) is 4.90 Å². The number of hydrogen-bond donors (Lipinski definition) is 2. The lowest BCUT2D eigenvalue weighted by molar-refractivity contribution is 0.614. The second-order valence-corrected chi connectivity index (χ2v) is 3.36. The summed E-state index contributed by atoms with van der Waals surface area (Å²) in [5, 5.41) is 0. The highest BCUT2D eigenvalue weighted by molar-refractivity contribution is 7.79. The molecule has 0 spiro atoms. The highest BCUT2D eigenvalue weighted by atomic mass is 32.2. The van der Waals surface area contributed by atoms with Crippen molar-refractivity contribution in [3.05, 3.63) is 29.8 Å². The van der Waals surface area contributed by atoms with E-state index < -0.39 is 10.7 Å². The van der Waals surface area contributed by atoms with E-state index in [4.69, 9.17) is 0 Å². The van der Waals surface area contributed by atoms with Gasteiger partial charge in [0.2, 0.25) is 0 Å². The van der Waals surface area contributed by atoms with Crippen LogP contribution in [0.4, 0.5) is 0 Å². The maximum absolute atomic E-state index is 10.6. The summed E-state index contributed by atoms with van der Waals surface area (Å²) in [5.74, 6) is 0.458. The lowest BCUT2D eigenvalue weighted by atomic mass is 10.2. The van der Waals surface area contributed by atoms with E-state index in [0.717, 1.165) is 5.56 Å². The summed E-state index contributed by atoms with van der Waals surface area (Å²) in [6, 6.07) is 6.84. The van der Waals surface area contributed by atoms with Crippen molar-refractivity contribution in [2.45, 2.75) is 10.6 Å². The summed E-state index contributed by atoms with van der Waals surface area (Å²) < 4.78 is 21.2. The molecule has 0 heterocycles. The molecule has 0 radical (unpaired) electrons. The van der Waals surface area contributed by atoms with Crippen LogP contribution in [0.2, 0.25) is 0 Å². The third-order valence-corrected chi connectivity index (χ3v) is 2.53. The first-order chi connectivity index (χ1) is 5.25. The predicted molar refractivity (Wildman–Crippen MR) is 47.7 cm³/mol.